The predicted octanol–water partition coefficient (Wildman–Crippen LogP) is 2.81. The Morgan fingerprint density at radius 2 is 2.16 bits per heavy atom. The van der Waals surface area contributed by atoms with Gasteiger partial charge in [-0.05, 0) is 35.0 Å². The van der Waals surface area contributed by atoms with Gasteiger partial charge in [-0.25, -0.2) is 13.5 Å². The molecule has 0 saturated carbocycles. The fourth-order valence-electron chi connectivity index (χ4n) is 1.64. The first-order valence-corrected chi connectivity index (χ1v) is 6.68. The van der Waals surface area contributed by atoms with E-state index in [2.05, 4.69) is 38.5 Å². The zero-order valence-electron chi connectivity index (χ0n) is 10.3. The van der Waals surface area contributed by atoms with Gasteiger partial charge in [-0.1, -0.05) is 12.1 Å². The number of hydrogen-bond donors (Lipinski definition) is 1. The molecule has 0 aliphatic rings. The topological polar surface area (TPSA) is 42.7 Å². The molecular weight excluding hydrogens is 318 g/mol. The molecule has 0 unspecified atom stereocenters. The van der Waals surface area contributed by atoms with Crippen molar-refractivity contribution in [1.82, 2.24) is 20.3 Å². The van der Waals surface area contributed by atoms with Gasteiger partial charge in [0.05, 0.1) is 11.9 Å². The lowest BCUT2D eigenvalue weighted by Gasteiger charge is -2.05. The Labute approximate surface area is 117 Å². The molecule has 1 heterocycles. The minimum absolute atomic E-state index is 0.149. The molecule has 19 heavy (non-hydrogen) atoms. The van der Waals surface area contributed by atoms with Gasteiger partial charge in [0.25, 0.3) is 0 Å². The van der Waals surface area contributed by atoms with Crippen LogP contribution in [0.1, 0.15) is 19.0 Å². The maximum atomic E-state index is 13.7. The minimum atomic E-state index is -0.690. The number of halogens is 3. The number of nitrogens with zero attached hydrogens (tertiary/aromatic N) is 3. The molecule has 102 valence electrons. The Morgan fingerprint density at radius 3 is 2.84 bits per heavy atom. The lowest BCUT2D eigenvalue weighted by molar-refractivity contribution is 0.570. The van der Waals surface area contributed by atoms with Crippen LogP contribution in [0.15, 0.2) is 22.8 Å². The van der Waals surface area contributed by atoms with Gasteiger partial charge in [0.15, 0.2) is 5.82 Å². The summed E-state index contributed by atoms with van der Waals surface area (Å²) in [6, 6.07) is 2.01. The van der Waals surface area contributed by atoms with Crippen molar-refractivity contribution in [2.75, 3.05) is 6.54 Å². The third-order valence-corrected chi connectivity index (χ3v) is 3.09. The molecule has 0 atom stereocenters. The SMILES string of the molecule is CCCNCc1cn(-c2c(F)cc(F)cc2Br)nn1. The maximum Gasteiger partial charge on any atom is 0.152 e. The zero-order valence-corrected chi connectivity index (χ0v) is 11.9. The first kappa shape index (κ1) is 14.1. The molecule has 0 bridgehead atoms. The average Bonchev–Trinajstić information content (AvgIpc) is 2.76. The van der Waals surface area contributed by atoms with E-state index in [1.54, 1.807) is 6.20 Å². The molecule has 4 nitrogen and oxygen atoms in total. The van der Waals surface area contributed by atoms with E-state index in [-0.39, 0.29) is 5.69 Å². The van der Waals surface area contributed by atoms with Crippen molar-refractivity contribution in [3.63, 3.8) is 0 Å². The van der Waals surface area contributed by atoms with E-state index in [1.807, 2.05) is 0 Å². The van der Waals surface area contributed by atoms with Crippen LogP contribution in [0.4, 0.5) is 8.78 Å². The van der Waals surface area contributed by atoms with E-state index in [9.17, 15) is 8.78 Å². The quantitative estimate of drug-likeness (QED) is 0.857. The Kier molecular flexibility index (Phi) is 4.60. The largest absolute Gasteiger partial charge is 0.311 e. The highest BCUT2D eigenvalue weighted by Crippen LogP contribution is 2.24. The van der Waals surface area contributed by atoms with Crippen molar-refractivity contribution in [1.29, 1.82) is 0 Å². The Morgan fingerprint density at radius 1 is 1.37 bits per heavy atom. The molecule has 2 aromatic rings. The van der Waals surface area contributed by atoms with Crippen LogP contribution in [0.3, 0.4) is 0 Å². The summed E-state index contributed by atoms with van der Waals surface area (Å²) >= 11 is 3.12. The summed E-state index contributed by atoms with van der Waals surface area (Å²) in [7, 11) is 0. The number of benzene rings is 1. The summed E-state index contributed by atoms with van der Waals surface area (Å²) in [4.78, 5) is 0. The van der Waals surface area contributed by atoms with Gasteiger partial charge < -0.3 is 5.32 Å². The molecule has 7 heteroatoms. The molecular formula is C12H13BrF2N4. The minimum Gasteiger partial charge on any atom is -0.311 e. The van der Waals surface area contributed by atoms with Crippen molar-refractivity contribution < 1.29 is 8.78 Å². The lowest BCUT2D eigenvalue weighted by atomic mass is 10.3. The molecule has 0 aliphatic heterocycles. The normalized spacial score (nSPS) is 10.9. The van der Waals surface area contributed by atoms with Crippen molar-refractivity contribution in [3.05, 3.63) is 40.1 Å². The number of rotatable bonds is 5. The number of nitrogens with one attached hydrogen (secondary N) is 1. The van der Waals surface area contributed by atoms with Crippen LogP contribution in [0.2, 0.25) is 0 Å². The molecule has 0 aliphatic carbocycles. The lowest BCUT2D eigenvalue weighted by Crippen LogP contribution is -2.13. The van der Waals surface area contributed by atoms with Gasteiger partial charge in [-0.3, -0.25) is 0 Å². The van der Waals surface area contributed by atoms with E-state index in [4.69, 9.17) is 0 Å². The molecule has 1 aromatic heterocycles. The van der Waals surface area contributed by atoms with Gasteiger partial charge >= 0.3 is 0 Å². The first-order chi connectivity index (χ1) is 9.11. The zero-order chi connectivity index (χ0) is 13.8. The van der Waals surface area contributed by atoms with Crippen molar-refractivity contribution in [2.24, 2.45) is 0 Å². The molecule has 0 fully saturated rings. The summed E-state index contributed by atoms with van der Waals surface area (Å²) in [5.41, 5.74) is 0.847. The van der Waals surface area contributed by atoms with Crippen LogP contribution in [-0.2, 0) is 6.54 Å². The van der Waals surface area contributed by atoms with E-state index in [1.165, 1.54) is 10.7 Å². The Bertz CT molecular complexity index is 548. The summed E-state index contributed by atoms with van der Waals surface area (Å²) in [6.45, 7) is 3.50. The second-order valence-corrected chi connectivity index (χ2v) is 4.90. The van der Waals surface area contributed by atoms with E-state index >= 15 is 0 Å². The smallest absolute Gasteiger partial charge is 0.152 e. The molecule has 0 radical (unpaired) electrons. The third-order valence-electron chi connectivity index (χ3n) is 2.48. The Balaban J connectivity index is 2.23. The van der Waals surface area contributed by atoms with Crippen LogP contribution in [0.25, 0.3) is 5.69 Å². The molecule has 0 saturated heterocycles. The summed E-state index contributed by atoms with van der Waals surface area (Å²) in [6.07, 6.45) is 2.63. The standard InChI is InChI=1S/C12H13BrF2N4/c1-2-3-16-6-9-7-19(18-17-9)12-10(13)4-8(14)5-11(12)15/h4-5,7,16H,2-3,6H2,1H3. The van der Waals surface area contributed by atoms with Crippen LogP contribution in [-0.4, -0.2) is 21.5 Å². The van der Waals surface area contributed by atoms with E-state index < -0.39 is 11.6 Å². The van der Waals surface area contributed by atoms with Crippen molar-refractivity contribution in [2.45, 2.75) is 19.9 Å². The second kappa shape index (κ2) is 6.21. The van der Waals surface area contributed by atoms with E-state index in [0.29, 0.717) is 16.7 Å². The van der Waals surface area contributed by atoms with Gasteiger partial charge in [0, 0.05) is 17.1 Å². The van der Waals surface area contributed by atoms with Crippen LogP contribution in [0.5, 0.6) is 0 Å². The molecule has 1 aromatic carbocycles. The molecule has 1 N–H and O–H groups in total. The van der Waals surface area contributed by atoms with Gasteiger partial charge in [0.2, 0.25) is 0 Å². The second-order valence-electron chi connectivity index (χ2n) is 4.05. The molecule has 0 spiro atoms. The van der Waals surface area contributed by atoms with Crippen LogP contribution < -0.4 is 5.32 Å². The maximum absolute atomic E-state index is 13.7. The average molecular weight is 331 g/mol. The molecule has 0 amide bonds. The number of aromatic nitrogens is 3. The summed E-state index contributed by atoms with van der Waals surface area (Å²) < 4.78 is 28.3. The van der Waals surface area contributed by atoms with Crippen LogP contribution >= 0.6 is 15.9 Å². The van der Waals surface area contributed by atoms with Gasteiger partial charge in [0.1, 0.15) is 11.5 Å². The summed E-state index contributed by atoms with van der Waals surface area (Å²) in [5.74, 6) is -1.33. The monoisotopic (exact) mass is 330 g/mol. The summed E-state index contributed by atoms with van der Waals surface area (Å²) in [5, 5.41) is 11.0. The van der Waals surface area contributed by atoms with Crippen LogP contribution in [0, 0.1) is 11.6 Å². The predicted molar refractivity (Wildman–Crippen MR) is 71.0 cm³/mol. The molecule has 2 rings (SSSR count). The fourth-order valence-corrected chi connectivity index (χ4v) is 2.23. The van der Waals surface area contributed by atoms with Gasteiger partial charge in [-0.2, -0.15) is 0 Å². The third kappa shape index (κ3) is 3.36. The fraction of sp³-hybridized carbons (Fsp3) is 0.333. The first-order valence-electron chi connectivity index (χ1n) is 5.88. The van der Waals surface area contributed by atoms with Crippen molar-refractivity contribution in [3.8, 4) is 5.69 Å². The number of hydrogen-bond acceptors (Lipinski definition) is 3. The highest BCUT2D eigenvalue weighted by atomic mass is 79.9. The highest BCUT2D eigenvalue weighted by molar-refractivity contribution is 9.10. The highest BCUT2D eigenvalue weighted by Gasteiger charge is 2.13. The van der Waals surface area contributed by atoms with E-state index in [0.717, 1.165) is 19.0 Å². The Hall–Kier alpha value is -1.34. The van der Waals surface area contributed by atoms with Crippen molar-refractivity contribution >= 4 is 15.9 Å². The van der Waals surface area contributed by atoms with Gasteiger partial charge in [-0.15, -0.1) is 5.10 Å².